The molecule has 11 heteroatoms. The van der Waals surface area contributed by atoms with E-state index in [1.807, 2.05) is 0 Å². The van der Waals surface area contributed by atoms with Gasteiger partial charge in [0.05, 0.1) is 22.9 Å². The smallest absolute Gasteiger partial charge is 0.282 e. The highest BCUT2D eigenvalue weighted by Gasteiger charge is 2.35. The van der Waals surface area contributed by atoms with E-state index in [9.17, 15) is 13.2 Å². The summed E-state index contributed by atoms with van der Waals surface area (Å²) in [5.41, 5.74) is 1.75. The SMILES string of the molecule is Cc1noc2nc(-c3ccco3)cc(C(=O)N3CCN(S(=O)(=O)N4CCCC4)CC3)c12. The second-order valence-corrected chi connectivity index (χ2v) is 9.71. The van der Waals surface area contributed by atoms with Gasteiger partial charge in [-0.1, -0.05) is 5.16 Å². The number of piperazine rings is 1. The number of nitrogens with zero attached hydrogens (tertiary/aromatic N) is 5. The van der Waals surface area contributed by atoms with Crippen LogP contribution in [0.2, 0.25) is 0 Å². The largest absolute Gasteiger partial charge is 0.463 e. The van der Waals surface area contributed by atoms with Crippen molar-refractivity contribution in [1.82, 2.24) is 23.7 Å². The number of aromatic nitrogens is 2. The van der Waals surface area contributed by atoms with Crippen LogP contribution in [-0.2, 0) is 10.2 Å². The van der Waals surface area contributed by atoms with Crippen LogP contribution in [0.3, 0.4) is 0 Å². The van der Waals surface area contributed by atoms with Crippen molar-refractivity contribution < 1.29 is 22.2 Å². The molecule has 2 aliphatic heterocycles. The zero-order chi connectivity index (χ0) is 21.6. The maximum atomic E-state index is 13.4. The fourth-order valence-corrected chi connectivity index (χ4v) is 5.86. The van der Waals surface area contributed by atoms with Gasteiger partial charge in [-0.15, -0.1) is 0 Å². The summed E-state index contributed by atoms with van der Waals surface area (Å²) in [4.78, 5) is 19.5. The fourth-order valence-electron chi connectivity index (χ4n) is 4.19. The van der Waals surface area contributed by atoms with E-state index in [4.69, 9.17) is 8.94 Å². The Morgan fingerprint density at radius 2 is 1.77 bits per heavy atom. The van der Waals surface area contributed by atoms with Crippen LogP contribution in [-0.4, -0.2) is 77.2 Å². The molecule has 2 fully saturated rings. The topological polar surface area (TPSA) is 113 Å². The maximum absolute atomic E-state index is 13.4. The third-order valence-electron chi connectivity index (χ3n) is 5.86. The number of carbonyl (C=O) groups excluding carboxylic acids is 1. The molecule has 0 aromatic carbocycles. The van der Waals surface area contributed by atoms with E-state index in [1.54, 1.807) is 30.0 Å². The van der Waals surface area contributed by atoms with Crippen molar-refractivity contribution in [1.29, 1.82) is 0 Å². The van der Waals surface area contributed by atoms with E-state index in [0.717, 1.165) is 12.8 Å². The molecule has 0 bridgehead atoms. The quantitative estimate of drug-likeness (QED) is 0.603. The summed E-state index contributed by atoms with van der Waals surface area (Å²) >= 11 is 0. The Labute approximate surface area is 179 Å². The van der Waals surface area contributed by atoms with Gasteiger partial charge in [0.15, 0.2) is 5.76 Å². The standard InChI is InChI=1S/C20H23N5O5S/c1-14-18-15(13-16(17-5-4-12-29-17)21-19(18)30-22-14)20(26)23-8-10-25(11-9-23)31(27,28)24-6-2-3-7-24/h4-5,12-13H,2-3,6-11H2,1H3. The molecule has 2 saturated heterocycles. The molecule has 0 radical (unpaired) electrons. The molecule has 5 heterocycles. The van der Waals surface area contributed by atoms with Crippen molar-refractivity contribution in [2.75, 3.05) is 39.3 Å². The Hall–Kier alpha value is -2.76. The molecular formula is C20H23N5O5S. The summed E-state index contributed by atoms with van der Waals surface area (Å²) in [6.07, 6.45) is 3.33. The Kier molecular flexibility index (Phi) is 5.03. The van der Waals surface area contributed by atoms with Gasteiger partial charge in [0, 0.05) is 39.3 Å². The number of hydrogen-bond donors (Lipinski definition) is 0. The first-order valence-electron chi connectivity index (χ1n) is 10.3. The van der Waals surface area contributed by atoms with Crippen molar-refractivity contribution in [3.63, 3.8) is 0 Å². The summed E-state index contributed by atoms with van der Waals surface area (Å²) in [5, 5.41) is 4.53. The molecule has 3 aromatic rings. The van der Waals surface area contributed by atoms with Gasteiger partial charge in [-0.2, -0.15) is 17.0 Å². The number of aryl methyl sites for hydroxylation is 1. The van der Waals surface area contributed by atoms with Gasteiger partial charge in [-0.05, 0) is 38.0 Å². The minimum Gasteiger partial charge on any atom is -0.463 e. The molecule has 2 aliphatic rings. The van der Waals surface area contributed by atoms with Gasteiger partial charge in [0.1, 0.15) is 5.69 Å². The van der Waals surface area contributed by atoms with Crippen LogP contribution in [0.25, 0.3) is 22.6 Å². The van der Waals surface area contributed by atoms with E-state index in [1.165, 1.54) is 14.9 Å². The fraction of sp³-hybridized carbons (Fsp3) is 0.450. The Bertz CT molecular complexity index is 1210. The van der Waals surface area contributed by atoms with Gasteiger partial charge in [-0.3, -0.25) is 4.79 Å². The molecule has 0 aliphatic carbocycles. The second-order valence-electron chi connectivity index (χ2n) is 7.79. The number of furan rings is 1. The van der Waals surface area contributed by atoms with Gasteiger partial charge >= 0.3 is 0 Å². The average Bonchev–Trinajstić information content (AvgIpc) is 3.55. The molecule has 0 saturated carbocycles. The van der Waals surface area contributed by atoms with Gasteiger partial charge < -0.3 is 13.8 Å². The van der Waals surface area contributed by atoms with Crippen LogP contribution >= 0.6 is 0 Å². The Morgan fingerprint density at radius 1 is 1.06 bits per heavy atom. The summed E-state index contributed by atoms with van der Waals surface area (Å²) < 4.78 is 39.4. The highest BCUT2D eigenvalue weighted by Crippen LogP contribution is 2.28. The van der Waals surface area contributed by atoms with E-state index in [-0.39, 0.29) is 24.7 Å². The molecule has 0 N–H and O–H groups in total. The highest BCUT2D eigenvalue weighted by molar-refractivity contribution is 7.86. The number of carbonyl (C=O) groups is 1. The lowest BCUT2D eigenvalue weighted by Crippen LogP contribution is -2.53. The number of rotatable bonds is 4. The minimum absolute atomic E-state index is 0.204. The normalized spacial score (nSPS) is 18.8. The van der Waals surface area contributed by atoms with E-state index >= 15 is 0 Å². The predicted molar refractivity (Wildman–Crippen MR) is 111 cm³/mol. The molecule has 3 aromatic heterocycles. The first kappa shape index (κ1) is 20.2. The molecule has 1 amide bonds. The number of pyridine rings is 1. The predicted octanol–water partition coefficient (Wildman–Crippen LogP) is 1.89. The summed E-state index contributed by atoms with van der Waals surface area (Å²) in [6.45, 7) is 4.07. The van der Waals surface area contributed by atoms with E-state index in [0.29, 0.717) is 54.3 Å². The lowest BCUT2D eigenvalue weighted by atomic mass is 10.1. The van der Waals surface area contributed by atoms with E-state index < -0.39 is 10.2 Å². The molecule has 10 nitrogen and oxygen atoms in total. The lowest BCUT2D eigenvalue weighted by molar-refractivity contribution is 0.0696. The minimum atomic E-state index is -3.46. The van der Waals surface area contributed by atoms with Crippen LogP contribution in [0.15, 0.2) is 33.4 Å². The summed E-state index contributed by atoms with van der Waals surface area (Å²) in [7, 11) is -3.46. The third kappa shape index (κ3) is 3.52. The molecule has 0 unspecified atom stereocenters. The zero-order valence-electron chi connectivity index (χ0n) is 17.2. The second kappa shape index (κ2) is 7.74. The van der Waals surface area contributed by atoms with Crippen molar-refractivity contribution in [3.05, 3.63) is 35.7 Å². The molecule has 5 rings (SSSR count). The lowest BCUT2D eigenvalue weighted by Gasteiger charge is -2.35. The van der Waals surface area contributed by atoms with Crippen molar-refractivity contribution >= 4 is 27.2 Å². The molecular weight excluding hydrogens is 422 g/mol. The first-order valence-corrected chi connectivity index (χ1v) is 11.7. The molecule has 0 spiro atoms. The number of amides is 1. The van der Waals surface area contributed by atoms with Gasteiger partial charge in [0.25, 0.3) is 21.8 Å². The molecule has 0 atom stereocenters. The van der Waals surface area contributed by atoms with Crippen LogP contribution in [0.1, 0.15) is 28.9 Å². The Balaban J connectivity index is 1.40. The van der Waals surface area contributed by atoms with Crippen molar-refractivity contribution in [2.45, 2.75) is 19.8 Å². The zero-order valence-corrected chi connectivity index (χ0v) is 18.0. The number of fused-ring (bicyclic) bond motifs is 1. The van der Waals surface area contributed by atoms with Crippen molar-refractivity contribution in [2.24, 2.45) is 0 Å². The van der Waals surface area contributed by atoms with E-state index in [2.05, 4.69) is 10.1 Å². The summed E-state index contributed by atoms with van der Waals surface area (Å²) in [6, 6.07) is 5.18. The maximum Gasteiger partial charge on any atom is 0.282 e. The first-order chi connectivity index (χ1) is 14.9. The molecule has 164 valence electrons. The Morgan fingerprint density at radius 3 is 2.45 bits per heavy atom. The van der Waals surface area contributed by atoms with Gasteiger partial charge in [0.2, 0.25) is 0 Å². The van der Waals surface area contributed by atoms with Crippen molar-refractivity contribution in [3.8, 4) is 11.5 Å². The van der Waals surface area contributed by atoms with Gasteiger partial charge in [-0.25, -0.2) is 4.98 Å². The summed E-state index contributed by atoms with van der Waals surface area (Å²) in [5.74, 6) is 0.316. The molecule has 31 heavy (non-hydrogen) atoms. The van der Waals surface area contributed by atoms with Crippen LogP contribution < -0.4 is 0 Å². The number of hydrogen-bond acceptors (Lipinski definition) is 7. The van der Waals surface area contributed by atoms with Crippen LogP contribution in [0.5, 0.6) is 0 Å². The van der Waals surface area contributed by atoms with Crippen LogP contribution in [0.4, 0.5) is 0 Å². The monoisotopic (exact) mass is 445 g/mol. The third-order valence-corrected chi connectivity index (χ3v) is 7.90. The average molecular weight is 446 g/mol. The van der Waals surface area contributed by atoms with Crippen LogP contribution in [0, 0.1) is 6.92 Å². The highest BCUT2D eigenvalue weighted by atomic mass is 32.2.